The lowest BCUT2D eigenvalue weighted by molar-refractivity contribution is -0.133. The number of carbonyl (C=O) groups excluding carboxylic acids is 1. The van der Waals surface area contributed by atoms with Gasteiger partial charge in [-0.2, -0.15) is 0 Å². The summed E-state index contributed by atoms with van der Waals surface area (Å²) in [7, 11) is 3.62. The molecule has 0 radical (unpaired) electrons. The zero-order valence-electron chi connectivity index (χ0n) is 18.7. The van der Waals surface area contributed by atoms with Gasteiger partial charge >= 0.3 is 0 Å². The number of likely N-dealkylation sites (tertiary alicyclic amines) is 1. The average molecular weight is 435 g/mol. The third-order valence-electron chi connectivity index (χ3n) is 5.82. The number of hydrogen-bond acceptors (Lipinski definition) is 6. The second-order valence-electron chi connectivity index (χ2n) is 8.33. The highest BCUT2D eigenvalue weighted by atomic mass is 16.5. The first-order valence-corrected chi connectivity index (χ1v) is 11.0. The molecule has 0 spiro atoms. The normalized spacial score (nSPS) is 16.3. The molecule has 32 heavy (non-hydrogen) atoms. The molecule has 1 saturated heterocycles. The molecule has 3 aromatic rings. The predicted molar refractivity (Wildman–Crippen MR) is 121 cm³/mol. The second-order valence-corrected chi connectivity index (χ2v) is 8.33. The van der Waals surface area contributed by atoms with E-state index in [4.69, 9.17) is 9.15 Å². The van der Waals surface area contributed by atoms with Gasteiger partial charge in [0, 0.05) is 37.8 Å². The Morgan fingerprint density at radius 2 is 2.06 bits per heavy atom. The number of rotatable bonds is 8. The summed E-state index contributed by atoms with van der Waals surface area (Å²) >= 11 is 0. The summed E-state index contributed by atoms with van der Waals surface area (Å²) in [5.74, 6) is 2.63. The standard InChI is InChI=1S/C25H30N4O3/c1-28(17-21-10-5-6-12-26-21)18-24(30)29-13-7-9-20(16-29)25-27-15-22(32-25)14-19-8-3-4-11-23(19)31-2/h3-6,8,10-12,15,20H,7,9,13-14,16-18H2,1-2H3/t20-/m0/s1. The van der Waals surface area contributed by atoms with Gasteiger partial charge in [-0.25, -0.2) is 4.98 Å². The van der Waals surface area contributed by atoms with Gasteiger partial charge in [0.2, 0.25) is 5.91 Å². The van der Waals surface area contributed by atoms with Gasteiger partial charge in [-0.1, -0.05) is 24.3 Å². The number of pyridine rings is 1. The Morgan fingerprint density at radius 1 is 1.22 bits per heavy atom. The third kappa shape index (κ3) is 5.53. The van der Waals surface area contributed by atoms with E-state index in [0.29, 0.717) is 31.9 Å². The SMILES string of the molecule is COc1ccccc1Cc1cnc([C@H]2CCCN(C(=O)CN(C)Cc3ccccn3)C2)o1. The van der Waals surface area contributed by atoms with Crippen molar-refractivity contribution in [2.75, 3.05) is 33.8 Å². The lowest BCUT2D eigenvalue weighted by atomic mass is 9.98. The maximum atomic E-state index is 12.9. The molecule has 7 heteroatoms. The van der Waals surface area contributed by atoms with Gasteiger partial charge in [0.05, 0.1) is 31.5 Å². The molecule has 1 amide bonds. The molecule has 4 rings (SSSR count). The fourth-order valence-electron chi connectivity index (χ4n) is 4.19. The number of para-hydroxylation sites is 1. The van der Waals surface area contributed by atoms with Crippen LogP contribution in [0.1, 0.15) is 41.7 Å². The summed E-state index contributed by atoms with van der Waals surface area (Å²) in [6, 6.07) is 13.8. The highest BCUT2D eigenvalue weighted by Crippen LogP contribution is 2.28. The minimum atomic E-state index is 0.125. The molecule has 2 aromatic heterocycles. The van der Waals surface area contributed by atoms with Crippen molar-refractivity contribution in [3.8, 4) is 5.75 Å². The van der Waals surface area contributed by atoms with E-state index in [-0.39, 0.29) is 11.8 Å². The van der Waals surface area contributed by atoms with Crippen molar-refractivity contribution in [1.82, 2.24) is 19.8 Å². The molecule has 7 nitrogen and oxygen atoms in total. The summed E-state index contributed by atoms with van der Waals surface area (Å²) in [6.07, 6.45) is 6.12. The molecule has 0 bridgehead atoms. The Bertz CT molecular complexity index is 1020. The Hall–Kier alpha value is -3.19. The first-order valence-electron chi connectivity index (χ1n) is 11.0. The van der Waals surface area contributed by atoms with Crippen LogP contribution >= 0.6 is 0 Å². The fraction of sp³-hybridized carbons (Fsp3) is 0.400. The number of methoxy groups -OCH3 is 1. The molecule has 1 atom stereocenters. The number of hydrogen-bond donors (Lipinski definition) is 0. The Morgan fingerprint density at radius 3 is 2.88 bits per heavy atom. The van der Waals surface area contributed by atoms with Crippen molar-refractivity contribution >= 4 is 5.91 Å². The highest BCUT2D eigenvalue weighted by molar-refractivity contribution is 5.78. The molecule has 0 unspecified atom stereocenters. The van der Waals surface area contributed by atoms with E-state index >= 15 is 0 Å². The zero-order chi connectivity index (χ0) is 22.3. The van der Waals surface area contributed by atoms with Gasteiger partial charge in [-0.15, -0.1) is 0 Å². The van der Waals surface area contributed by atoms with Crippen LogP contribution in [-0.4, -0.2) is 59.5 Å². The Balaban J connectivity index is 1.34. The van der Waals surface area contributed by atoms with Crippen LogP contribution in [0, 0.1) is 0 Å². The van der Waals surface area contributed by atoms with Gasteiger partial charge in [0.25, 0.3) is 0 Å². The average Bonchev–Trinajstić information content (AvgIpc) is 3.28. The number of benzene rings is 1. The number of ether oxygens (including phenoxy) is 1. The summed E-state index contributed by atoms with van der Waals surface area (Å²) in [4.78, 5) is 25.7. The second kappa shape index (κ2) is 10.4. The monoisotopic (exact) mass is 434 g/mol. The van der Waals surface area contributed by atoms with Gasteiger partial charge in [0.15, 0.2) is 5.89 Å². The van der Waals surface area contributed by atoms with E-state index in [0.717, 1.165) is 42.2 Å². The van der Waals surface area contributed by atoms with E-state index in [1.165, 1.54) is 0 Å². The van der Waals surface area contributed by atoms with E-state index in [9.17, 15) is 4.79 Å². The summed E-state index contributed by atoms with van der Waals surface area (Å²) in [5, 5.41) is 0. The fourth-order valence-corrected chi connectivity index (χ4v) is 4.19. The van der Waals surface area contributed by atoms with Crippen LogP contribution in [0.25, 0.3) is 0 Å². The largest absolute Gasteiger partial charge is 0.496 e. The predicted octanol–water partition coefficient (Wildman–Crippen LogP) is 3.51. The number of nitrogens with zero attached hydrogens (tertiary/aromatic N) is 4. The quantitative estimate of drug-likeness (QED) is 0.540. The molecular weight excluding hydrogens is 404 g/mol. The molecule has 0 saturated carbocycles. The zero-order valence-corrected chi connectivity index (χ0v) is 18.7. The first-order chi connectivity index (χ1) is 15.6. The molecular formula is C25H30N4O3. The van der Waals surface area contributed by atoms with Gasteiger partial charge in [-0.05, 0) is 38.1 Å². The van der Waals surface area contributed by atoms with Crippen molar-refractivity contribution in [2.45, 2.75) is 31.7 Å². The smallest absolute Gasteiger partial charge is 0.236 e. The Kier molecular flexibility index (Phi) is 7.17. The van der Waals surface area contributed by atoms with E-state index in [1.807, 2.05) is 59.3 Å². The van der Waals surface area contributed by atoms with Crippen molar-refractivity contribution in [3.63, 3.8) is 0 Å². The molecule has 1 aliphatic heterocycles. The van der Waals surface area contributed by atoms with Gasteiger partial charge in [0.1, 0.15) is 11.5 Å². The lowest BCUT2D eigenvalue weighted by Crippen LogP contribution is -2.43. The third-order valence-corrected chi connectivity index (χ3v) is 5.82. The van der Waals surface area contributed by atoms with E-state index in [1.54, 1.807) is 19.5 Å². The van der Waals surface area contributed by atoms with Crippen LogP contribution in [0.15, 0.2) is 59.3 Å². The van der Waals surface area contributed by atoms with Crippen LogP contribution in [0.4, 0.5) is 0 Å². The number of oxazole rings is 1. The number of aromatic nitrogens is 2. The minimum Gasteiger partial charge on any atom is -0.496 e. The van der Waals surface area contributed by atoms with Gasteiger partial charge in [-0.3, -0.25) is 14.7 Å². The molecule has 3 heterocycles. The van der Waals surface area contributed by atoms with E-state index < -0.39 is 0 Å². The lowest BCUT2D eigenvalue weighted by Gasteiger charge is -2.32. The molecule has 0 N–H and O–H groups in total. The number of piperidine rings is 1. The summed E-state index contributed by atoms with van der Waals surface area (Å²) in [6.45, 7) is 2.44. The van der Waals surface area contributed by atoms with Crippen LogP contribution < -0.4 is 4.74 Å². The first kappa shape index (κ1) is 22.0. The summed E-state index contributed by atoms with van der Waals surface area (Å²) < 4.78 is 11.5. The summed E-state index contributed by atoms with van der Waals surface area (Å²) in [5.41, 5.74) is 2.02. The van der Waals surface area contributed by atoms with Crippen LogP contribution in [0.2, 0.25) is 0 Å². The van der Waals surface area contributed by atoms with Crippen LogP contribution in [0.3, 0.4) is 0 Å². The molecule has 0 aliphatic carbocycles. The topological polar surface area (TPSA) is 71.7 Å². The maximum Gasteiger partial charge on any atom is 0.236 e. The van der Waals surface area contributed by atoms with Crippen molar-refractivity contribution < 1.29 is 13.9 Å². The molecule has 168 valence electrons. The van der Waals surface area contributed by atoms with Crippen LogP contribution in [-0.2, 0) is 17.8 Å². The minimum absolute atomic E-state index is 0.125. The van der Waals surface area contributed by atoms with Crippen molar-refractivity contribution in [1.29, 1.82) is 0 Å². The number of carbonyl (C=O) groups is 1. The Labute approximate surface area is 189 Å². The highest BCUT2D eigenvalue weighted by Gasteiger charge is 2.28. The van der Waals surface area contributed by atoms with E-state index in [2.05, 4.69) is 9.97 Å². The molecule has 1 fully saturated rings. The maximum absolute atomic E-state index is 12.9. The van der Waals surface area contributed by atoms with Crippen molar-refractivity contribution in [3.05, 3.63) is 77.8 Å². The number of likely N-dealkylation sites (N-methyl/N-ethyl adjacent to an activating group) is 1. The molecule has 1 aliphatic rings. The number of amides is 1. The molecule has 1 aromatic carbocycles. The van der Waals surface area contributed by atoms with Gasteiger partial charge < -0.3 is 14.1 Å². The van der Waals surface area contributed by atoms with Crippen molar-refractivity contribution in [2.24, 2.45) is 0 Å². The van der Waals surface area contributed by atoms with Crippen LogP contribution in [0.5, 0.6) is 5.75 Å².